The van der Waals surface area contributed by atoms with Crippen molar-refractivity contribution in [3.05, 3.63) is 124 Å². The van der Waals surface area contributed by atoms with Crippen LogP contribution in [0.2, 0.25) is 0 Å². The summed E-state index contributed by atoms with van der Waals surface area (Å²) in [4.78, 5) is 13.5. The van der Waals surface area contributed by atoms with Gasteiger partial charge in [-0.3, -0.25) is 4.79 Å². The van der Waals surface area contributed by atoms with E-state index >= 15 is 0 Å². The molecule has 4 nitrogen and oxygen atoms in total. The van der Waals surface area contributed by atoms with Gasteiger partial charge >= 0.3 is 0 Å². The van der Waals surface area contributed by atoms with Gasteiger partial charge in [0, 0.05) is 5.56 Å². The summed E-state index contributed by atoms with van der Waals surface area (Å²) < 4.78 is 18.3. The molecule has 0 atom stereocenters. The molecule has 0 spiro atoms. The molecule has 1 aromatic heterocycles. The first-order valence-electron chi connectivity index (χ1n) is 11.2. The molecule has 0 saturated carbocycles. The van der Waals surface area contributed by atoms with E-state index in [9.17, 15) is 4.79 Å². The maximum absolute atomic E-state index is 13.5. The normalized spacial score (nSPS) is 10.9. The second kappa shape index (κ2) is 9.28. The first-order chi connectivity index (χ1) is 16.6. The molecule has 0 bridgehead atoms. The van der Waals surface area contributed by atoms with Gasteiger partial charge in [0.25, 0.3) is 0 Å². The molecule has 0 amide bonds. The van der Waals surface area contributed by atoms with Crippen LogP contribution in [0.4, 0.5) is 0 Å². The highest BCUT2D eigenvalue weighted by Crippen LogP contribution is 2.32. The monoisotopic (exact) mass is 448 g/mol. The summed E-state index contributed by atoms with van der Waals surface area (Å²) in [5, 5.41) is 0.513. The summed E-state index contributed by atoms with van der Waals surface area (Å²) in [6.07, 6.45) is 0. The van der Waals surface area contributed by atoms with Gasteiger partial charge in [-0.05, 0) is 66.9 Å². The molecule has 0 aliphatic carbocycles. The van der Waals surface area contributed by atoms with E-state index in [1.165, 1.54) is 0 Å². The van der Waals surface area contributed by atoms with Crippen molar-refractivity contribution in [3.63, 3.8) is 0 Å². The Morgan fingerprint density at radius 3 is 2.18 bits per heavy atom. The van der Waals surface area contributed by atoms with Gasteiger partial charge in [-0.15, -0.1) is 0 Å². The van der Waals surface area contributed by atoms with Crippen LogP contribution in [-0.4, -0.2) is 0 Å². The van der Waals surface area contributed by atoms with Crippen LogP contribution in [0, 0.1) is 13.8 Å². The largest absolute Gasteiger partial charge is 0.481 e. The van der Waals surface area contributed by atoms with Gasteiger partial charge < -0.3 is 13.9 Å². The van der Waals surface area contributed by atoms with Crippen LogP contribution in [0.15, 0.2) is 106 Å². The van der Waals surface area contributed by atoms with Crippen molar-refractivity contribution in [2.24, 2.45) is 0 Å². The lowest BCUT2D eigenvalue weighted by Crippen LogP contribution is -2.10. The highest BCUT2D eigenvalue weighted by atomic mass is 16.5. The van der Waals surface area contributed by atoms with Crippen LogP contribution in [0.5, 0.6) is 17.2 Å². The number of aryl methyl sites for hydroxylation is 2. The Balaban J connectivity index is 1.51. The summed E-state index contributed by atoms with van der Waals surface area (Å²) in [5.74, 6) is 2.09. The van der Waals surface area contributed by atoms with E-state index in [4.69, 9.17) is 13.9 Å². The Morgan fingerprint density at radius 2 is 1.41 bits per heavy atom. The number of ether oxygens (including phenoxy) is 2. The predicted molar refractivity (Wildman–Crippen MR) is 135 cm³/mol. The topological polar surface area (TPSA) is 48.7 Å². The van der Waals surface area contributed by atoms with Gasteiger partial charge in [-0.1, -0.05) is 60.7 Å². The fourth-order valence-electron chi connectivity index (χ4n) is 3.82. The molecule has 5 aromatic rings. The SMILES string of the molecule is Cc1cc2oc(-c3ccccc3)c(OCc3cccc(Oc4ccccc4)c3)c(=O)c2cc1C. The standard InChI is InChI=1S/C30H24O4/c1-20-16-26-27(17-21(20)2)34-29(23-11-5-3-6-12-23)30(28(26)31)32-19-22-10-9-15-25(18-22)33-24-13-7-4-8-14-24/h3-18H,19H2,1-2H3. The van der Waals surface area contributed by atoms with E-state index in [1.807, 2.05) is 111 Å². The Kier molecular flexibility index (Phi) is 5.88. The zero-order valence-electron chi connectivity index (χ0n) is 19.1. The van der Waals surface area contributed by atoms with Crippen molar-refractivity contribution in [3.8, 4) is 28.6 Å². The minimum Gasteiger partial charge on any atom is -0.481 e. The van der Waals surface area contributed by atoms with Gasteiger partial charge in [-0.2, -0.15) is 0 Å². The fourth-order valence-corrected chi connectivity index (χ4v) is 3.82. The van der Waals surface area contributed by atoms with Crippen molar-refractivity contribution >= 4 is 11.0 Å². The van der Waals surface area contributed by atoms with Gasteiger partial charge in [0.2, 0.25) is 11.2 Å². The molecule has 0 unspecified atom stereocenters. The Labute approximate surface area is 198 Å². The predicted octanol–water partition coefficient (Wildman–Crippen LogP) is 7.45. The smallest absolute Gasteiger partial charge is 0.235 e. The Morgan fingerprint density at radius 1 is 0.735 bits per heavy atom. The van der Waals surface area contributed by atoms with E-state index in [2.05, 4.69) is 0 Å². The summed E-state index contributed by atoms with van der Waals surface area (Å²) in [7, 11) is 0. The van der Waals surface area contributed by atoms with Gasteiger partial charge in [0.1, 0.15) is 23.7 Å². The first-order valence-corrected chi connectivity index (χ1v) is 11.2. The molecule has 5 rings (SSSR count). The molecule has 0 saturated heterocycles. The third-order valence-electron chi connectivity index (χ3n) is 5.76. The van der Waals surface area contributed by atoms with Crippen molar-refractivity contribution < 1.29 is 13.9 Å². The summed E-state index contributed by atoms with van der Waals surface area (Å²) >= 11 is 0. The average molecular weight is 449 g/mol. The minimum absolute atomic E-state index is 0.181. The maximum Gasteiger partial charge on any atom is 0.235 e. The van der Waals surface area contributed by atoms with Crippen LogP contribution in [0.3, 0.4) is 0 Å². The summed E-state index contributed by atoms with van der Waals surface area (Å²) in [6, 6.07) is 30.6. The number of hydrogen-bond acceptors (Lipinski definition) is 4. The fraction of sp³-hybridized carbons (Fsp3) is 0.100. The highest BCUT2D eigenvalue weighted by molar-refractivity contribution is 5.83. The molecule has 0 aliphatic rings. The third-order valence-corrected chi connectivity index (χ3v) is 5.76. The van der Waals surface area contributed by atoms with Gasteiger partial charge in [0.15, 0.2) is 5.76 Å². The van der Waals surface area contributed by atoms with E-state index in [0.717, 1.165) is 28.0 Å². The summed E-state index contributed by atoms with van der Waals surface area (Å²) in [5.41, 5.74) is 4.14. The second-order valence-electron chi connectivity index (χ2n) is 8.24. The molecule has 168 valence electrons. The number of hydrogen-bond donors (Lipinski definition) is 0. The molecule has 4 heteroatoms. The van der Waals surface area contributed by atoms with Crippen LogP contribution < -0.4 is 14.9 Å². The van der Waals surface area contributed by atoms with Crippen LogP contribution in [-0.2, 0) is 6.61 Å². The molecule has 0 N–H and O–H groups in total. The molecular formula is C30H24O4. The number of para-hydroxylation sites is 1. The lowest BCUT2D eigenvalue weighted by molar-refractivity contribution is 0.297. The maximum atomic E-state index is 13.5. The molecule has 4 aromatic carbocycles. The number of fused-ring (bicyclic) bond motifs is 1. The molecule has 34 heavy (non-hydrogen) atoms. The third kappa shape index (κ3) is 4.44. The van der Waals surface area contributed by atoms with Crippen molar-refractivity contribution in [2.75, 3.05) is 0 Å². The molecule has 0 aliphatic heterocycles. The molecular weight excluding hydrogens is 424 g/mol. The lowest BCUT2D eigenvalue weighted by Gasteiger charge is -2.13. The Hall–Kier alpha value is -4.31. The van der Waals surface area contributed by atoms with Crippen molar-refractivity contribution in [1.82, 2.24) is 0 Å². The van der Waals surface area contributed by atoms with E-state index in [0.29, 0.717) is 22.5 Å². The van der Waals surface area contributed by atoms with E-state index in [1.54, 1.807) is 0 Å². The highest BCUT2D eigenvalue weighted by Gasteiger charge is 2.18. The van der Waals surface area contributed by atoms with E-state index < -0.39 is 0 Å². The number of rotatable bonds is 6. The zero-order valence-corrected chi connectivity index (χ0v) is 19.1. The quantitative estimate of drug-likeness (QED) is 0.271. The second-order valence-corrected chi connectivity index (χ2v) is 8.24. The van der Waals surface area contributed by atoms with Crippen LogP contribution >= 0.6 is 0 Å². The van der Waals surface area contributed by atoms with Crippen LogP contribution in [0.25, 0.3) is 22.3 Å². The van der Waals surface area contributed by atoms with Gasteiger partial charge in [-0.25, -0.2) is 0 Å². The van der Waals surface area contributed by atoms with Gasteiger partial charge in [0.05, 0.1) is 5.39 Å². The molecule has 0 radical (unpaired) electrons. The average Bonchev–Trinajstić information content (AvgIpc) is 2.86. The Bertz CT molecular complexity index is 1500. The zero-order chi connectivity index (χ0) is 23.5. The van der Waals surface area contributed by atoms with Crippen molar-refractivity contribution in [1.29, 1.82) is 0 Å². The van der Waals surface area contributed by atoms with E-state index in [-0.39, 0.29) is 17.8 Å². The van der Waals surface area contributed by atoms with Crippen LogP contribution in [0.1, 0.15) is 16.7 Å². The minimum atomic E-state index is -0.181. The molecule has 0 fully saturated rings. The molecule has 1 heterocycles. The number of benzene rings is 4. The first kappa shape index (κ1) is 21.5. The van der Waals surface area contributed by atoms with Crippen molar-refractivity contribution in [2.45, 2.75) is 20.5 Å². The summed E-state index contributed by atoms with van der Waals surface area (Å²) in [6.45, 7) is 4.19. The lowest BCUT2D eigenvalue weighted by atomic mass is 10.0.